The second-order valence-corrected chi connectivity index (χ2v) is 17.3. The van der Waals surface area contributed by atoms with Gasteiger partial charge in [-0.1, -0.05) is 81.4 Å². The van der Waals surface area contributed by atoms with E-state index in [0.29, 0.717) is 17.0 Å². The number of hydrogen-bond donors (Lipinski definition) is 3. The van der Waals surface area contributed by atoms with E-state index in [0.717, 1.165) is 28.8 Å². The third-order valence-electron chi connectivity index (χ3n) is 8.81. The van der Waals surface area contributed by atoms with Gasteiger partial charge in [0.2, 0.25) is 5.91 Å². The van der Waals surface area contributed by atoms with Crippen LogP contribution in [-0.4, -0.2) is 48.8 Å². The summed E-state index contributed by atoms with van der Waals surface area (Å²) in [6, 6.07) is 24.2. The molecule has 0 radical (unpaired) electrons. The molecule has 3 aromatic heterocycles. The number of amides is 2. The number of nitrogens with one attached hydrogen (secondary N) is 3. The van der Waals surface area contributed by atoms with E-state index in [9.17, 15) is 9.59 Å². The molecule has 2 amide bonds. The number of carbonyl (C=O) groups is 2. The maximum absolute atomic E-state index is 13.1. The number of rotatable bonds is 11. The second kappa shape index (κ2) is 13.2. The van der Waals surface area contributed by atoms with E-state index in [1.807, 2.05) is 60.9 Å². The summed E-state index contributed by atoms with van der Waals surface area (Å²) >= 11 is 0. The van der Waals surface area contributed by atoms with E-state index in [-0.39, 0.29) is 33.9 Å². The third kappa shape index (κ3) is 6.18. The highest BCUT2D eigenvalue weighted by Gasteiger charge is 2.51. The lowest BCUT2D eigenvalue weighted by molar-refractivity contribution is -0.117. The molecule has 3 heterocycles. The summed E-state index contributed by atoms with van der Waals surface area (Å²) in [6.45, 7) is 5.97. The van der Waals surface area contributed by atoms with Crippen LogP contribution in [0.4, 0.5) is 17.2 Å². The maximum Gasteiger partial charge on any atom is 0.261 e. The van der Waals surface area contributed by atoms with Gasteiger partial charge in [0, 0.05) is 41.0 Å². The van der Waals surface area contributed by atoms with Crippen molar-refractivity contribution in [2.24, 2.45) is 5.92 Å². The number of methoxy groups -OCH3 is 1. The summed E-state index contributed by atoms with van der Waals surface area (Å²) in [5, 5.41) is 14.6. The Bertz CT molecular complexity index is 2010. The minimum Gasteiger partial charge on any atom is -0.494 e. The molecule has 1 unspecified atom stereocenters. The molecule has 2 aromatic carbocycles. The Kier molecular flexibility index (Phi) is 8.05. The van der Waals surface area contributed by atoms with Crippen LogP contribution in [0.3, 0.4) is 0 Å². The van der Waals surface area contributed by atoms with Gasteiger partial charge in [0.05, 0.1) is 36.3 Å². The van der Waals surface area contributed by atoms with Crippen LogP contribution in [0, 0.1) is 5.92 Å². The van der Waals surface area contributed by atoms with Gasteiger partial charge in [-0.25, -0.2) is 9.50 Å². The standard InChI is InChI=1S/C37H42N6O4Si/c1-24(47-48(37(2,3)4,26-13-9-7-10-14-26)27-15-11-8-12-16-27)28-19-20-43-33(34(28)46-6)31(23-40-43)41-30-21-32(42-35(44)25-17-18-25)39-22-29(30)36(45)38-5/h7-16,19-25H,17-18H2,1-6H3,(H,38,45)(H2,39,41,42,44)/i5D3. The Morgan fingerprint density at radius 2 is 1.67 bits per heavy atom. The summed E-state index contributed by atoms with van der Waals surface area (Å²) in [4.78, 5) is 29.9. The maximum atomic E-state index is 13.1. The average molecular weight is 666 g/mol. The van der Waals surface area contributed by atoms with Crippen molar-refractivity contribution >= 4 is 53.2 Å². The predicted octanol–water partition coefficient (Wildman–Crippen LogP) is 5.83. The summed E-state index contributed by atoms with van der Waals surface area (Å²) in [5.74, 6) is -0.368. The third-order valence-corrected chi connectivity index (χ3v) is 13.9. The molecule has 248 valence electrons. The second-order valence-electron chi connectivity index (χ2n) is 13.0. The highest BCUT2D eigenvalue weighted by Crippen LogP contribution is 2.43. The Morgan fingerprint density at radius 1 is 1.00 bits per heavy atom. The van der Waals surface area contributed by atoms with Crippen molar-refractivity contribution in [2.45, 2.75) is 51.7 Å². The van der Waals surface area contributed by atoms with E-state index in [4.69, 9.17) is 13.3 Å². The molecule has 11 heteroatoms. The lowest BCUT2D eigenvalue weighted by Gasteiger charge is -2.44. The first kappa shape index (κ1) is 29.2. The van der Waals surface area contributed by atoms with Crippen LogP contribution < -0.4 is 31.1 Å². The van der Waals surface area contributed by atoms with E-state index >= 15 is 0 Å². The first-order valence-corrected chi connectivity index (χ1v) is 17.9. The molecule has 5 aromatic rings. The molecule has 1 atom stereocenters. The molecule has 0 bridgehead atoms. The van der Waals surface area contributed by atoms with Crippen molar-refractivity contribution in [2.75, 3.05) is 24.7 Å². The SMILES string of the molecule is [2H]C([2H])([2H])NC(=O)c1cnc(NC(=O)C2CC2)cc1Nc1cnn2ccc(C(C)O[Si](c3ccccc3)(c3ccccc3)C(C)(C)C)c(OC)c12. The highest BCUT2D eigenvalue weighted by molar-refractivity contribution is 6.99. The predicted molar refractivity (Wildman–Crippen MR) is 191 cm³/mol. The number of fused-ring (bicyclic) bond motifs is 1. The van der Waals surface area contributed by atoms with E-state index in [1.54, 1.807) is 17.8 Å². The van der Waals surface area contributed by atoms with Crippen LogP contribution in [-0.2, 0) is 9.22 Å². The monoisotopic (exact) mass is 665 g/mol. The zero-order chi connectivity index (χ0) is 36.6. The number of aromatic nitrogens is 3. The lowest BCUT2D eigenvalue weighted by atomic mass is 10.1. The first-order chi connectivity index (χ1) is 24.2. The number of carbonyl (C=O) groups excluding carboxylic acids is 2. The van der Waals surface area contributed by atoms with Gasteiger partial charge in [-0.15, -0.1) is 0 Å². The van der Waals surface area contributed by atoms with Crippen LogP contribution in [0.1, 0.15) is 66.7 Å². The van der Waals surface area contributed by atoms with Crippen LogP contribution >= 0.6 is 0 Å². The number of pyridine rings is 2. The molecular weight excluding hydrogens is 621 g/mol. The molecule has 1 aliphatic carbocycles. The molecule has 1 aliphatic rings. The quantitative estimate of drug-likeness (QED) is 0.152. The molecule has 1 saturated carbocycles. The molecule has 3 N–H and O–H groups in total. The van der Waals surface area contributed by atoms with E-state index in [2.05, 4.69) is 65.8 Å². The van der Waals surface area contributed by atoms with Gasteiger partial charge in [0.1, 0.15) is 11.3 Å². The van der Waals surface area contributed by atoms with Crippen LogP contribution in [0.15, 0.2) is 91.4 Å². The molecular formula is C37H42N6O4Si. The van der Waals surface area contributed by atoms with E-state index in [1.165, 1.54) is 12.3 Å². The van der Waals surface area contributed by atoms with Crippen LogP contribution in [0.5, 0.6) is 5.75 Å². The van der Waals surface area contributed by atoms with Gasteiger partial charge in [0.25, 0.3) is 14.2 Å². The fourth-order valence-corrected chi connectivity index (χ4v) is 11.0. The molecule has 0 aliphatic heterocycles. The van der Waals surface area contributed by atoms with Gasteiger partial charge >= 0.3 is 0 Å². The lowest BCUT2D eigenvalue weighted by Crippen LogP contribution is -2.66. The van der Waals surface area contributed by atoms with Crippen molar-refractivity contribution in [1.82, 2.24) is 19.9 Å². The fourth-order valence-electron chi connectivity index (χ4n) is 6.31. The molecule has 10 nitrogen and oxygen atoms in total. The Hall–Kier alpha value is -5.00. The largest absolute Gasteiger partial charge is 0.494 e. The Labute approximate surface area is 286 Å². The molecule has 0 saturated heterocycles. The van der Waals surface area contributed by atoms with Gasteiger partial charge in [0.15, 0.2) is 5.75 Å². The summed E-state index contributed by atoms with van der Waals surface area (Å²) in [6.07, 6.45) is 5.81. The van der Waals surface area contributed by atoms with Crippen molar-refractivity contribution in [1.29, 1.82) is 0 Å². The van der Waals surface area contributed by atoms with Crippen molar-refractivity contribution in [3.8, 4) is 5.75 Å². The molecule has 48 heavy (non-hydrogen) atoms. The van der Waals surface area contributed by atoms with Crippen molar-refractivity contribution < 1.29 is 22.9 Å². The zero-order valence-electron chi connectivity index (χ0n) is 30.7. The molecule has 0 spiro atoms. The highest BCUT2D eigenvalue weighted by atomic mass is 28.4. The van der Waals surface area contributed by atoms with Gasteiger partial charge in [-0.05, 0) is 41.2 Å². The fraction of sp³-hybridized carbons (Fsp3) is 0.297. The number of nitrogens with zero attached hydrogens (tertiary/aromatic N) is 3. The number of ether oxygens (including phenoxy) is 1. The minimum atomic E-state index is -2.95. The molecule has 6 rings (SSSR count). The van der Waals surface area contributed by atoms with Gasteiger partial charge < -0.3 is 25.1 Å². The van der Waals surface area contributed by atoms with Crippen molar-refractivity contribution in [3.63, 3.8) is 0 Å². The van der Waals surface area contributed by atoms with Gasteiger partial charge in [-0.2, -0.15) is 5.10 Å². The van der Waals surface area contributed by atoms with Crippen LogP contribution in [0.25, 0.3) is 5.52 Å². The first-order valence-electron chi connectivity index (χ1n) is 17.5. The van der Waals surface area contributed by atoms with Crippen LogP contribution in [0.2, 0.25) is 5.04 Å². The minimum absolute atomic E-state index is 0.0339. The van der Waals surface area contributed by atoms with E-state index < -0.39 is 27.3 Å². The number of anilines is 3. The normalized spacial score (nSPS) is 15.1. The summed E-state index contributed by atoms with van der Waals surface area (Å²) in [7, 11) is -1.36. The summed E-state index contributed by atoms with van der Waals surface area (Å²) < 4.78 is 37.9. The summed E-state index contributed by atoms with van der Waals surface area (Å²) in [5.41, 5.74) is 2.01. The molecule has 1 fully saturated rings. The average Bonchev–Trinajstić information content (AvgIpc) is 3.87. The van der Waals surface area contributed by atoms with Gasteiger partial charge in [-0.3, -0.25) is 9.59 Å². The number of hydrogen-bond acceptors (Lipinski definition) is 7. The topological polar surface area (TPSA) is 119 Å². The smallest absolute Gasteiger partial charge is 0.261 e. The Balaban J connectivity index is 1.43. The zero-order valence-corrected chi connectivity index (χ0v) is 28.7. The Morgan fingerprint density at radius 3 is 2.25 bits per heavy atom. The van der Waals surface area contributed by atoms with Crippen molar-refractivity contribution in [3.05, 3.63) is 103 Å². The number of benzene rings is 2.